The molecule has 6 nitrogen and oxygen atoms in total. The van der Waals surface area contributed by atoms with Crippen molar-refractivity contribution in [1.29, 1.82) is 0 Å². The third kappa shape index (κ3) is 3.92. The van der Waals surface area contributed by atoms with Gasteiger partial charge in [0.15, 0.2) is 0 Å². The van der Waals surface area contributed by atoms with Crippen LogP contribution >= 0.6 is 30.7 Å². The molecule has 2 atom stereocenters. The van der Waals surface area contributed by atoms with Gasteiger partial charge in [0, 0.05) is 0 Å². The lowest BCUT2D eigenvalue weighted by atomic mass is 11.8. The summed E-state index contributed by atoms with van der Waals surface area (Å²) in [6, 6.07) is -1.68. The summed E-state index contributed by atoms with van der Waals surface area (Å²) >= 11 is 0. The van der Waals surface area contributed by atoms with E-state index in [4.69, 9.17) is 0 Å². The summed E-state index contributed by atoms with van der Waals surface area (Å²) in [5.74, 6) is 0. The van der Waals surface area contributed by atoms with Gasteiger partial charge in [0.05, 0.1) is 0 Å². The zero-order valence-corrected chi connectivity index (χ0v) is 11.4. The van der Waals surface area contributed by atoms with Crippen molar-refractivity contribution in [2.75, 3.05) is 0 Å². The van der Waals surface area contributed by atoms with Crippen molar-refractivity contribution in [3.8, 4) is 0 Å². The molecule has 1 aliphatic heterocycles. The maximum atomic E-state index is 13.4. The molecule has 0 bridgehead atoms. The summed E-state index contributed by atoms with van der Waals surface area (Å²) in [4.78, 5) is 20.5. The highest BCUT2D eigenvalue weighted by Crippen LogP contribution is 2.80. The Kier molecular flexibility index (Phi) is 4.19. The molecular weight excluding hydrogens is 350 g/mol. The summed E-state index contributed by atoms with van der Waals surface area (Å²) < 4.78 is 85.6. The Hall–Kier alpha value is -0.160. The summed E-state index contributed by atoms with van der Waals surface area (Å²) in [5.41, 5.74) is 0. The molecule has 0 aromatic heterocycles. The number of hydrogen-bond acceptors (Lipinski definition) is 6. The highest BCUT2D eigenvalue weighted by atomic mass is 31.3. The standard InChI is InChI=1S/C2H2F6N4O2P4/c3-15(1-13)9-16(4,2-14)11-18(7,8)12-17(5,6)10-15/h1-2H. The molecule has 0 saturated carbocycles. The molecule has 0 aromatic rings. The number of carbonyl (C=O) groups is 2. The molecule has 0 aromatic carbocycles. The second-order valence-electron chi connectivity index (χ2n) is 2.62. The van der Waals surface area contributed by atoms with Crippen LogP contribution in [0.3, 0.4) is 0 Å². The largest absolute Gasteiger partial charge is 0.423 e. The smallest absolute Gasteiger partial charge is 0.292 e. The molecule has 1 rings (SSSR count). The SMILES string of the molecule is O=CP1(F)=NP(F)(F)=NP(F)(F)=NP(F)(C=O)=N1. The average molecular weight is 352 g/mol. The van der Waals surface area contributed by atoms with Crippen LogP contribution < -0.4 is 0 Å². The molecule has 2 unspecified atom stereocenters. The van der Waals surface area contributed by atoms with Crippen molar-refractivity contribution in [3.63, 3.8) is 0 Å². The van der Waals surface area contributed by atoms with Crippen molar-refractivity contribution < 1.29 is 34.8 Å². The Morgan fingerprint density at radius 2 is 1.00 bits per heavy atom. The van der Waals surface area contributed by atoms with Gasteiger partial charge in [-0.1, -0.05) is 0 Å². The molecule has 1 aliphatic rings. The maximum Gasteiger partial charge on any atom is 0.423 e. The first-order valence-electron chi connectivity index (χ1n) is 3.60. The fourth-order valence-electron chi connectivity index (χ4n) is 0.763. The van der Waals surface area contributed by atoms with Gasteiger partial charge in [-0.2, -0.15) is 12.9 Å². The van der Waals surface area contributed by atoms with Crippen molar-refractivity contribution >= 4 is 42.7 Å². The summed E-state index contributed by atoms with van der Waals surface area (Å²) in [5, 5.41) is 0. The van der Waals surface area contributed by atoms with Gasteiger partial charge in [-0.15, -0.1) is 30.3 Å². The van der Waals surface area contributed by atoms with Crippen LogP contribution in [0.25, 0.3) is 0 Å². The molecular formula is C2H2F6N4O2P4. The van der Waals surface area contributed by atoms with Crippen LogP contribution in [0.2, 0.25) is 0 Å². The average Bonchev–Trinajstić information content (AvgIpc) is 2.11. The lowest BCUT2D eigenvalue weighted by Crippen LogP contribution is -1.77. The van der Waals surface area contributed by atoms with Crippen LogP contribution in [0.15, 0.2) is 18.1 Å². The zero-order valence-electron chi connectivity index (χ0n) is 7.82. The van der Waals surface area contributed by atoms with Crippen LogP contribution in [0, 0.1) is 0 Å². The minimum absolute atomic E-state index is 0.842. The fourth-order valence-corrected chi connectivity index (χ4v) is 8.16. The fraction of sp³-hybridized carbons (Fsp3) is 0. The van der Waals surface area contributed by atoms with E-state index in [1.807, 2.05) is 9.03 Å². The molecule has 1 heterocycles. The van der Waals surface area contributed by atoms with Crippen molar-refractivity contribution in [2.45, 2.75) is 0 Å². The third-order valence-corrected chi connectivity index (χ3v) is 9.19. The monoisotopic (exact) mass is 352 g/mol. The second kappa shape index (κ2) is 4.75. The minimum Gasteiger partial charge on any atom is -0.292 e. The first-order chi connectivity index (χ1) is 7.95. The van der Waals surface area contributed by atoms with Gasteiger partial charge in [0.25, 0.3) is 0 Å². The van der Waals surface area contributed by atoms with Gasteiger partial charge in [0.2, 0.25) is 12.1 Å². The lowest BCUT2D eigenvalue weighted by Gasteiger charge is -2.12. The number of nitrogens with zero attached hydrogens (tertiary/aromatic N) is 4. The highest BCUT2D eigenvalue weighted by molar-refractivity contribution is 7.90. The normalized spacial score (nSPS) is 37.7. The zero-order chi connectivity index (χ0) is 14.2. The van der Waals surface area contributed by atoms with Crippen LogP contribution in [0.4, 0.5) is 25.2 Å². The number of halogens is 6. The summed E-state index contributed by atoms with van der Waals surface area (Å²) in [7, 11) is -23.2. The Morgan fingerprint density at radius 3 is 1.44 bits per heavy atom. The van der Waals surface area contributed by atoms with Crippen LogP contribution in [0.1, 0.15) is 0 Å². The number of hydrogen-bond donors (Lipinski definition) is 0. The molecule has 0 fully saturated rings. The predicted molar refractivity (Wildman–Crippen MR) is 57.5 cm³/mol. The van der Waals surface area contributed by atoms with E-state index in [1.165, 1.54) is 0 Å². The van der Waals surface area contributed by atoms with Gasteiger partial charge in [0.1, 0.15) is 0 Å². The predicted octanol–water partition coefficient (Wildman–Crippen LogP) is 6.15. The second-order valence-corrected chi connectivity index (χ2v) is 10.0. The topological polar surface area (TPSA) is 83.6 Å². The van der Waals surface area contributed by atoms with E-state index in [2.05, 4.69) is 4.52 Å². The lowest BCUT2D eigenvalue weighted by molar-refractivity contribution is 0.566. The van der Waals surface area contributed by atoms with Gasteiger partial charge < -0.3 is 0 Å². The van der Waals surface area contributed by atoms with E-state index in [0.717, 1.165) is 0 Å². The number of rotatable bonds is 2. The third-order valence-electron chi connectivity index (χ3n) is 1.20. The summed E-state index contributed by atoms with van der Waals surface area (Å²) in [6.07, 6.45) is 0. The Morgan fingerprint density at radius 1 is 0.611 bits per heavy atom. The molecule has 0 saturated heterocycles. The quantitative estimate of drug-likeness (QED) is 0.339. The van der Waals surface area contributed by atoms with E-state index in [1.54, 1.807) is 4.52 Å². The van der Waals surface area contributed by atoms with Crippen molar-refractivity contribution in [2.24, 2.45) is 18.1 Å². The van der Waals surface area contributed by atoms with Crippen molar-refractivity contribution in [3.05, 3.63) is 0 Å². The molecule has 0 amide bonds. The Bertz CT molecular complexity index is 592. The molecule has 16 heteroatoms. The van der Waals surface area contributed by atoms with E-state index in [-0.39, 0.29) is 0 Å². The molecule has 0 radical (unpaired) electrons. The Labute approximate surface area is 96.3 Å². The number of carbonyl (C=O) groups excluding carboxylic acids is 2. The van der Waals surface area contributed by atoms with E-state index in [0.29, 0.717) is 0 Å². The maximum absolute atomic E-state index is 13.4. The van der Waals surface area contributed by atoms with Gasteiger partial charge in [-0.3, -0.25) is 9.59 Å². The first-order valence-corrected chi connectivity index (χ1v) is 9.86. The Balaban J connectivity index is 3.83. The van der Waals surface area contributed by atoms with E-state index >= 15 is 0 Å². The van der Waals surface area contributed by atoms with Crippen LogP contribution in [-0.4, -0.2) is 12.1 Å². The van der Waals surface area contributed by atoms with E-state index in [9.17, 15) is 34.8 Å². The first kappa shape index (κ1) is 15.9. The van der Waals surface area contributed by atoms with Gasteiger partial charge in [-0.25, -0.2) is 0 Å². The van der Waals surface area contributed by atoms with Crippen LogP contribution in [-0.2, 0) is 9.59 Å². The summed E-state index contributed by atoms with van der Waals surface area (Å²) in [6.45, 7) is 0. The van der Waals surface area contributed by atoms with Crippen molar-refractivity contribution in [1.82, 2.24) is 0 Å². The molecule has 104 valence electrons. The van der Waals surface area contributed by atoms with Gasteiger partial charge in [-0.05, 0) is 0 Å². The molecule has 0 aliphatic carbocycles. The van der Waals surface area contributed by atoms with Crippen LogP contribution in [0.5, 0.6) is 0 Å². The molecule has 0 spiro atoms. The molecule has 18 heavy (non-hydrogen) atoms. The van der Waals surface area contributed by atoms with E-state index < -0.39 is 42.7 Å². The highest BCUT2D eigenvalue weighted by Gasteiger charge is 2.38. The minimum atomic E-state index is -6.19. The molecule has 0 N–H and O–H groups in total. The van der Waals surface area contributed by atoms with Gasteiger partial charge >= 0.3 is 30.7 Å².